The van der Waals surface area contributed by atoms with Crippen LogP contribution in [-0.2, 0) is 48.0 Å². The van der Waals surface area contributed by atoms with Crippen LogP contribution in [0.5, 0.6) is 0 Å². The molecular formula is C52H73N7O8. The number of imide groups is 1. The number of hydrogen-bond acceptors (Lipinski definition) is 10. The van der Waals surface area contributed by atoms with Crippen LogP contribution in [0.3, 0.4) is 0 Å². The highest BCUT2D eigenvalue weighted by atomic mass is 16.6. The lowest BCUT2D eigenvalue weighted by molar-refractivity contribution is -0.163. The van der Waals surface area contributed by atoms with Crippen LogP contribution in [-0.4, -0.2) is 118 Å². The number of alkyl carbamates (subject to hydrolysis) is 1. The van der Waals surface area contributed by atoms with Gasteiger partial charge in [0.1, 0.15) is 35.4 Å². The largest absolute Gasteiger partial charge is 0.444 e. The average Bonchev–Trinajstić information content (AvgIpc) is 3.24. The van der Waals surface area contributed by atoms with Crippen molar-refractivity contribution in [2.75, 3.05) is 19.6 Å². The molecule has 3 aromatic carbocycles. The summed E-state index contributed by atoms with van der Waals surface area (Å²) >= 11 is 0. The fourth-order valence-corrected chi connectivity index (χ4v) is 8.70. The van der Waals surface area contributed by atoms with E-state index < -0.39 is 65.3 Å². The number of piperazine rings is 1. The first-order valence-corrected chi connectivity index (χ1v) is 23.7. The van der Waals surface area contributed by atoms with Gasteiger partial charge in [0.25, 0.3) is 5.91 Å². The first-order valence-electron chi connectivity index (χ1n) is 23.7. The number of fused-ring (bicyclic) bond motifs is 2. The Balaban J connectivity index is 1.45. The molecule has 3 saturated heterocycles. The number of amides is 6. The number of carbonyl (C=O) groups excluding carboxylic acids is 6. The van der Waals surface area contributed by atoms with Crippen molar-refractivity contribution in [3.05, 3.63) is 108 Å². The molecule has 15 heteroatoms. The maximum atomic E-state index is 15.3. The molecule has 2 bridgehead atoms. The molecule has 3 fully saturated rings. The van der Waals surface area contributed by atoms with Crippen molar-refractivity contribution < 1.29 is 38.2 Å². The number of unbranched alkanes of at least 4 members (excludes halogenated alkanes) is 1. The van der Waals surface area contributed by atoms with E-state index in [0.29, 0.717) is 32.5 Å². The van der Waals surface area contributed by atoms with E-state index in [1.165, 1.54) is 5.56 Å². The van der Waals surface area contributed by atoms with E-state index in [-0.39, 0.29) is 49.6 Å². The van der Waals surface area contributed by atoms with Crippen LogP contribution < -0.4 is 21.7 Å². The van der Waals surface area contributed by atoms with Crippen LogP contribution in [0.1, 0.15) is 104 Å². The number of nitrogens with two attached hydrogens (primary N) is 1. The van der Waals surface area contributed by atoms with E-state index in [9.17, 15) is 24.0 Å². The van der Waals surface area contributed by atoms with Crippen LogP contribution >= 0.6 is 0 Å². The maximum absolute atomic E-state index is 15.3. The molecule has 3 heterocycles. The normalized spacial score (nSPS) is 17.8. The number of nitrogens with one attached hydrogen (secondary N) is 3. The summed E-state index contributed by atoms with van der Waals surface area (Å²) in [6, 6.07) is 23.2. The predicted octanol–water partition coefficient (Wildman–Crippen LogP) is 6.13. The van der Waals surface area contributed by atoms with Crippen LogP contribution in [0.4, 0.5) is 9.59 Å². The topological polar surface area (TPSA) is 193 Å². The molecule has 6 atom stereocenters. The molecule has 364 valence electrons. The number of nitrogens with zero attached hydrogens (tertiary/aromatic N) is 3. The second-order valence-corrected chi connectivity index (χ2v) is 20.3. The van der Waals surface area contributed by atoms with Gasteiger partial charge < -0.3 is 36.1 Å². The molecule has 6 rings (SSSR count). The standard InChI is InChI=1S/C52H73N7O8/c1-35(2)28-43(55-45(60)41(29-36-20-12-9-13-21-36)54-46(61)42(30-37-22-14-10-15-23-37)56-49(64)66-51(3,4)5)47(62)59(50(65)67-52(6,7)8)44(26-18-19-27-53)48(63)58-39-31-40(58)34-57(33-39)32-38-24-16-11-17-25-38/h9-17,20-25,35,39-44H,18-19,26-34,53H2,1-8H3,(H,54,61)(H,55,60)(H,56,64). The van der Waals surface area contributed by atoms with Gasteiger partial charge in [-0.15, -0.1) is 0 Å². The molecule has 67 heavy (non-hydrogen) atoms. The van der Waals surface area contributed by atoms with Crippen molar-refractivity contribution in [1.29, 1.82) is 0 Å². The highest BCUT2D eigenvalue weighted by molar-refractivity contribution is 6.02. The van der Waals surface area contributed by atoms with Crippen molar-refractivity contribution >= 4 is 35.8 Å². The van der Waals surface area contributed by atoms with Crippen molar-refractivity contribution in [2.24, 2.45) is 11.7 Å². The molecule has 3 aromatic rings. The van der Waals surface area contributed by atoms with Gasteiger partial charge in [0, 0.05) is 44.6 Å². The van der Waals surface area contributed by atoms with Crippen molar-refractivity contribution in [3.63, 3.8) is 0 Å². The van der Waals surface area contributed by atoms with E-state index in [2.05, 4.69) is 33.0 Å². The fraction of sp³-hybridized carbons (Fsp3) is 0.538. The van der Waals surface area contributed by atoms with Crippen LogP contribution in [0.25, 0.3) is 0 Å². The highest BCUT2D eigenvalue weighted by Crippen LogP contribution is 2.35. The van der Waals surface area contributed by atoms with Gasteiger partial charge in [0.2, 0.25) is 17.7 Å². The Morgan fingerprint density at radius 2 is 1.15 bits per heavy atom. The summed E-state index contributed by atoms with van der Waals surface area (Å²) in [6.07, 6.45) is 0.387. The molecular weight excluding hydrogens is 851 g/mol. The molecule has 0 aliphatic carbocycles. The summed E-state index contributed by atoms with van der Waals surface area (Å²) in [4.78, 5) is 91.9. The lowest BCUT2D eigenvalue weighted by Gasteiger charge is -2.57. The fourth-order valence-electron chi connectivity index (χ4n) is 8.70. The Labute approximate surface area is 396 Å². The Morgan fingerprint density at radius 1 is 0.672 bits per heavy atom. The van der Waals surface area contributed by atoms with Gasteiger partial charge in [-0.2, -0.15) is 0 Å². The number of benzene rings is 3. The number of carbonyl (C=O) groups is 6. The quantitative estimate of drug-likeness (QED) is 0.0960. The molecule has 0 spiro atoms. The van der Waals surface area contributed by atoms with Crippen LogP contribution in [0, 0.1) is 5.92 Å². The van der Waals surface area contributed by atoms with Crippen molar-refractivity contribution in [2.45, 2.75) is 154 Å². The second kappa shape index (κ2) is 23.8. The minimum Gasteiger partial charge on any atom is -0.444 e. The maximum Gasteiger partial charge on any atom is 0.417 e. The third kappa shape index (κ3) is 15.9. The molecule has 5 N–H and O–H groups in total. The number of ether oxygens (including phenoxy) is 2. The average molecular weight is 924 g/mol. The van der Waals surface area contributed by atoms with Gasteiger partial charge in [0.15, 0.2) is 0 Å². The molecule has 0 aromatic heterocycles. The molecule has 6 amide bonds. The van der Waals surface area contributed by atoms with Gasteiger partial charge in [0.05, 0.1) is 0 Å². The zero-order valence-corrected chi connectivity index (χ0v) is 40.7. The zero-order chi connectivity index (χ0) is 48.9. The summed E-state index contributed by atoms with van der Waals surface area (Å²) in [5.74, 6) is -2.65. The third-order valence-electron chi connectivity index (χ3n) is 11.7. The highest BCUT2D eigenvalue weighted by Gasteiger charge is 2.51. The van der Waals surface area contributed by atoms with Crippen molar-refractivity contribution in [1.82, 2.24) is 30.7 Å². The van der Waals surface area contributed by atoms with E-state index in [1.807, 2.05) is 97.6 Å². The molecule has 3 aliphatic rings. The number of piperidine rings is 1. The molecule has 0 radical (unpaired) electrons. The summed E-state index contributed by atoms with van der Waals surface area (Å²) in [7, 11) is 0. The smallest absolute Gasteiger partial charge is 0.417 e. The first-order chi connectivity index (χ1) is 31.7. The molecule has 0 saturated carbocycles. The van der Waals surface area contributed by atoms with Crippen LogP contribution in [0.15, 0.2) is 91.0 Å². The van der Waals surface area contributed by atoms with Gasteiger partial charge in [-0.3, -0.25) is 24.1 Å². The Hall–Kier alpha value is -5.80. The Bertz CT molecular complexity index is 2100. The summed E-state index contributed by atoms with van der Waals surface area (Å²) in [6.45, 7) is 16.4. The van der Waals surface area contributed by atoms with Crippen LogP contribution in [0.2, 0.25) is 0 Å². The van der Waals surface area contributed by atoms with E-state index in [0.717, 1.165) is 29.0 Å². The third-order valence-corrected chi connectivity index (χ3v) is 11.7. The lowest BCUT2D eigenvalue weighted by atomic mass is 9.85. The second-order valence-electron chi connectivity index (χ2n) is 20.3. The van der Waals surface area contributed by atoms with Gasteiger partial charge in [-0.25, -0.2) is 14.5 Å². The summed E-state index contributed by atoms with van der Waals surface area (Å²) < 4.78 is 11.4. The Kier molecular flexibility index (Phi) is 18.5. The SMILES string of the molecule is CC(C)CC(NC(=O)C(Cc1ccccc1)NC(=O)C(Cc1ccccc1)NC(=O)OC(C)(C)C)C(=O)N(C(=O)OC(C)(C)C)C(CCCCN)C(=O)N1C2CC1CN(Cc1ccccc1)C2. The van der Waals surface area contributed by atoms with Gasteiger partial charge >= 0.3 is 12.2 Å². The molecule has 6 unspecified atom stereocenters. The zero-order valence-electron chi connectivity index (χ0n) is 40.7. The van der Waals surface area contributed by atoms with E-state index in [4.69, 9.17) is 15.2 Å². The predicted molar refractivity (Wildman–Crippen MR) is 257 cm³/mol. The lowest BCUT2D eigenvalue weighted by Crippen LogP contribution is -2.72. The summed E-state index contributed by atoms with van der Waals surface area (Å²) in [5, 5.41) is 8.46. The summed E-state index contributed by atoms with van der Waals surface area (Å²) in [5.41, 5.74) is 6.71. The minimum absolute atomic E-state index is 0.0283. The van der Waals surface area contributed by atoms with E-state index in [1.54, 1.807) is 41.5 Å². The Morgan fingerprint density at radius 3 is 1.63 bits per heavy atom. The number of rotatable bonds is 20. The number of hydrogen-bond donors (Lipinski definition) is 4. The first kappa shape index (κ1) is 52.2. The molecule has 3 aliphatic heterocycles. The monoisotopic (exact) mass is 924 g/mol. The molecule has 15 nitrogen and oxygen atoms in total. The van der Waals surface area contributed by atoms with Crippen molar-refractivity contribution in [3.8, 4) is 0 Å². The van der Waals surface area contributed by atoms with Gasteiger partial charge in [-0.05, 0) is 103 Å². The van der Waals surface area contributed by atoms with E-state index >= 15 is 4.79 Å². The van der Waals surface area contributed by atoms with Gasteiger partial charge in [-0.1, -0.05) is 105 Å². The minimum atomic E-state index is -1.31.